The maximum Gasteiger partial charge on any atom is 0.131 e. The van der Waals surface area contributed by atoms with E-state index in [9.17, 15) is 0 Å². The summed E-state index contributed by atoms with van der Waals surface area (Å²) in [5.41, 5.74) is 4.38. The van der Waals surface area contributed by atoms with Gasteiger partial charge in [0.05, 0.1) is 22.0 Å². The van der Waals surface area contributed by atoms with Crippen LogP contribution in [0.3, 0.4) is 0 Å². The van der Waals surface area contributed by atoms with Crippen molar-refractivity contribution in [1.29, 1.82) is 0 Å². The van der Waals surface area contributed by atoms with Crippen molar-refractivity contribution in [2.45, 2.75) is 5.41 Å². The number of fused-ring (bicyclic) bond motifs is 1. The minimum Gasteiger partial charge on any atom is -0.271 e. The van der Waals surface area contributed by atoms with Crippen molar-refractivity contribution < 1.29 is 0 Å². The number of nitrogens with zero attached hydrogens (tertiary/aromatic N) is 2. The van der Waals surface area contributed by atoms with E-state index in [2.05, 4.69) is 106 Å². The van der Waals surface area contributed by atoms with Gasteiger partial charge in [-0.05, 0) is 39.3 Å². The average molecular weight is 522 g/mol. The molecule has 0 atom stereocenters. The van der Waals surface area contributed by atoms with E-state index in [0.29, 0.717) is 5.15 Å². The van der Waals surface area contributed by atoms with Gasteiger partial charge in [-0.1, -0.05) is 103 Å². The van der Waals surface area contributed by atoms with Gasteiger partial charge >= 0.3 is 0 Å². The van der Waals surface area contributed by atoms with Gasteiger partial charge in [0.15, 0.2) is 0 Å². The topological polar surface area (TPSA) is 41.6 Å². The van der Waals surface area contributed by atoms with Crippen LogP contribution in [0, 0.1) is 3.70 Å². The van der Waals surface area contributed by atoms with Crippen LogP contribution in [-0.4, -0.2) is 15.2 Å². The minimum atomic E-state index is -0.656. The Morgan fingerprint density at radius 3 is 1.67 bits per heavy atom. The lowest BCUT2D eigenvalue weighted by atomic mass is 9.66. The van der Waals surface area contributed by atoms with Crippen LogP contribution in [0.25, 0.3) is 10.9 Å². The standard InChI is InChI=1S/C25H17ClIN3/c26-21-16-20-22(24(27)30-29-20)23(28-21)25(17-10-4-1-5-11-17,18-12-6-2-7-13-18)19-14-8-3-9-15-19/h1-16H,(H,29,30). The molecule has 0 fully saturated rings. The van der Waals surface area contributed by atoms with Crippen LogP contribution in [0.2, 0.25) is 5.15 Å². The molecule has 1 N–H and O–H groups in total. The molecule has 3 aromatic carbocycles. The Labute approximate surface area is 193 Å². The maximum atomic E-state index is 6.53. The Kier molecular flexibility index (Phi) is 5.05. The Bertz CT molecular complexity index is 1210. The second-order valence-electron chi connectivity index (χ2n) is 7.07. The third-order valence-electron chi connectivity index (χ3n) is 5.44. The molecule has 146 valence electrons. The smallest absolute Gasteiger partial charge is 0.131 e. The van der Waals surface area contributed by atoms with Crippen molar-refractivity contribution in [1.82, 2.24) is 15.2 Å². The number of H-pyrrole nitrogens is 1. The number of halogens is 2. The molecule has 0 unspecified atom stereocenters. The summed E-state index contributed by atoms with van der Waals surface area (Å²) in [5.74, 6) is 0. The zero-order valence-corrected chi connectivity index (χ0v) is 18.8. The maximum absolute atomic E-state index is 6.53. The van der Waals surface area contributed by atoms with E-state index in [4.69, 9.17) is 16.6 Å². The molecular weight excluding hydrogens is 505 g/mol. The van der Waals surface area contributed by atoms with Gasteiger partial charge in [-0.15, -0.1) is 0 Å². The van der Waals surface area contributed by atoms with Gasteiger partial charge in [0.1, 0.15) is 8.85 Å². The number of aromatic nitrogens is 3. The molecule has 0 aliphatic carbocycles. The SMILES string of the molecule is Clc1cc2n[nH]c(I)c2c(C(c2ccccc2)(c2ccccc2)c2ccccc2)n1. The van der Waals surface area contributed by atoms with Gasteiger partial charge in [0, 0.05) is 6.07 Å². The number of aromatic amines is 1. The lowest BCUT2D eigenvalue weighted by Crippen LogP contribution is -2.32. The van der Waals surface area contributed by atoms with E-state index in [1.807, 2.05) is 24.3 Å². The van der Waals surface area contributed by atoms with E-state index in [1.165, 1.54) is 0 Å². The first-order valence-corrected chi connectivity index (χ1v) is 11.0. The number of nitrogens with one attached hydrogen (secondary N) is 1. The minimum absolute atomic E-state index is 0.424. The molecule has 0 radical (unpaired) electrons. The van der Waals surface area contributed by atoms with Gasteiger partial charge in [0.25, 0.3) is 0 Å². The first-order chi connectivity index (χ1) is 14.7. The second kappa shape index (κ2) is 7.85. The summed E-state index contributed by atoms with van der Waals surface area (Å²) < 4.78 is 0.939. The molecule has 30 heavy (non-hydrogen) atoms. The average Bonchev–Trinajstić information content (AvgIpc) is 3.17. The van der Waals surface area contributed by atoms with Gasteiger partial charge in [-0.25, -0.2) is 4.98 Å². The lowest BCUT2D eigenvalue weighted by molar-refractivity contribution is 0.723. The van der Waals surface area contributed by atoms with Crippen LogP contribution < -0.4 is 0 Å². The number of pyridine rings is 1. The third kappa shape index (κ3) is 3.02. The fraction of sp³-hybridized carbons (Fsp3) is 0.0400. The number of benzene rings is 3. The van der Waals surface area contributed by atoms with Crippen molar-refractivity contribution in [2.24, 2.45) is 0 Å². The van der Waals surface area contributed by atoms with Gasteiger partial charge < -0.3 is 0 Å². The van der Waals surface area contributed by atoms with Crippen molar-refractivity contribution in [3.05, 3.63) is 128 Å². The quantitative estimate of drug-likeness (QED) is 0.164. The fourth-order valence-corrected chi connectivity index (χ4v) is 5.06. The molecule has 2 heterocycles. The Morgan fingerprint density at radius 1 is 0.733 bits per heavy atom. The highest BCUT2D eigenvalue weighted by Crippen LogP contribution is 2.47. The molecule has 2 aromatic heterocycles. The van der Waals surface area contributed by atoms with Gasteiger partial charge in [-0.2, -0.15) is 5.10 Å². The molecule has 5 heteroatoms. The summed E-state index contributed by atoms with van der Waals surface area (Å²) in [6.07, 6.45) is 0. The van der Waals surface area contributed by atoms with Crippen molar-refractivity contribution in [3.63, 3.8) is 0 Å². The highest BCUT2D eigenvalue weighted by atomic mass is 127. The zero-order chi connectivity index (χ0) is 20.6. The molecule has 0 amide bonds. The lowest BCUT2D eigenvalue weighted by Gasteiger charge is -2.36. The van der Waals surface area contributed by atoms with Crippen LogP contribution >= 0.6 is 34.2 Å². The molecule has 0 saturated carbocycles. The zero-order valence-electron chi connectivity index (χ0n) is 15.9. The number of rotatable bonds is 4. The highest BCUT2D eigenvalue weighted by Gasteiger charge is 2.41. The van der Waals surface area contributed by atoms with Gasteiger partial charge in [0.2, 0.25) is 0 Å². The normalized spacial score (nSPS) is 11.7. The highest BCUT2D eigenvalue weighted by molar-refractivity contribution is 14.1. The molecule has 0 spiro atoms. The predicted molar refractivity (Wildman–Crippen MR) is 130 cm³/mol. The number of hydrogen-bond donors (Lipinski definition) is 1. The summed E-state index contributed by atoms with van der Waals surface area (Å²) in [5, 5.41) is 8.99. The van der Waals surface area contributed by atoms with Crippen LogP contribution in [0.4, 0.5) is 0 Å². The molecule has 3 nitrogen and oxygen atoms in total. The van der Waals surface area contributed by atoms with Crippen molar-refractivity contribution in [3.8, 4) is 0 Å². The molecule has 0 aliphatic rings. The second-order valence-corrected chi connectivity index (χ2v) is 8.54. The van der Waals surface area contributed by atoms with E-state index in [1.54, 1.807) is 0 Å². The summed E-state index contributed by atoms with van der Waals surface area (Å²) in [6, 6.07) is 33.2. The van der Waals surface area contributed by atoms with E-state index in [-0.39, 0.29) is 0 Å². The molecule has 5 aromatic rings. The number of hydrogen-bond acceptors (Lipinski definition) is 2. The summed E-state index contributed by atoms with van der Waals surface area (Å²) in [6.45, 7) is 0. The summed E-state index contributed by atoms with van der Waals surface area (Å²) in [4.78, 5) is 4.94. The van der Waals surface area contributed by atoms with Gasteiger partial charge in [-0.3, -0.25) is 5.10 Å². The fourth-order valence-electron chi connectivity index (χ4n) is 4.22. The van der Waals surface area contributed by atoms with Crippen LogP contribution in [0.5, 0.6) is 0 Å². The van der Waals surface area contributed by atoms with Crippen LogP contribution in [-0.2, 0) is 5.41 Å². The Morgan fingerprint density at radius 2 is 1.20 bits per heavy atom. The Hall–Kier alpha value is -2.70. The Balaban J connectivity index is 2.02. The summed E-state index contributed by atoms with van der Waals surface area (Å²) >= 11 is 8.82. The first-order valence-electron chi connectivity index (χ1n) is 9.58. The summed E-state index contributed by atoms with van der Waals surface area (Å²) in [7, 11) is 0. The molecule has 0 saturated heterocycles. The molecule has 0 aliphatic heterocycles. The van der Waals surface area contributed by atoms with Crippen LogP contribution in [0.15, 0.2) is 97.1 Å². The predicted octanol–water partition coefficient (Wildman–Crippen LogP) is 6.60. The monoisotopic (exact) mass is 521 g/mol. The van der Waals surface area contributed by atoms with Crippen molar-refractivity contribution in [2.75, 3.05) is 0 Å². The van der Waals surface area contributed by atoms with E-state index < -0.39 is 5.41 Å². The third-order valence-corrected chi connectivity index (χ3v) is 6.41. The van der Waals surface area contributed by atoms with E-state index >= 15 is 0 Å². The van der Waals surface area contributed by atoms with E-state index in [0.717, 1.165) is 37.0 Å². The first kappa shape index (κ1) is 19.3. The molecule has 0 bridgehead atoms. The molecular formula is C25H17ClIN3. The molecule has 5 rings (SSSR count). The van der Waals surface area contributed by atoms with Crippen molar-refractivity contribution >= 4 is 45.1 Å². The largest absolute Gasteiger partial charge is 0.271 e. The van der Waals surface area contributed by atoms with Crippen LogP contribution in [0.1, 0.15) is 22.4 Å².